The second kappa shape index (κ2) is 12.4. The number of likely N-dealkylation sites (tertiary alicyclic amines) is 1. The molecule has 2 fully saturated rings. The predicted molar refractivity (Wildman–Crippen MR) is 127 cm³/mol. The van der Waals surface area contributed by atoms with Crippen molar-refractivity contribution in [1.82, 2.24) is 15.1 Å². The summed E-state index contributed by atoms with van der Waals surface area (Å²) < 4.78 is 16.8. The van der Waals surface area contributed by atoms with Gasteiger partial charge in [-0.25, -0.2) is 4.99 Å². The molecule has 2 saturated heterocycles. The van der Waals surface area contributed by atoms with Crippen molar-refractivity contribution in [1.29, 1.82) is 0 Å². The number of benzene rings is 1. The zero-order valence-electron chi connectivity index (χ0n) is 17.8. The molecule has 0 saturated carbocycles. The number of guanidine groups is 1. The molecule has 2 aliphatic heterocycles. The fourth-order valence-corrected chi connectivity index (χ4v) is 3.76. The van der Waals surface area contributed by atoms with Gasteiger partial charge in [-0.2, -0.15) is 0 Å². The number of nitrogens with one attached hydrogen (secondary N) is 1. The Morgan fingerprint density at radius 2 is 2.03 bits per heavy atom. The standard InChI is InChI=1S/C21H34N4O3.HI/c1-4-22-21(25-9-8-18(16-25)24-10-12-27-13-11-24)23-15-17(2)28-20-7-5-6-19(14-20)26-3;/h5-7,14,17-18H,4,8-13,15-16H2,1-3H3,(H,22,23);1H. The van der Waals surface area contributed by atoms with Crippen molar-refractivity contribution in [2.45, 2.75) is 32.4 Å². The molecule has 0 aromatic heterocycles. The van der Waals surface area contributed by atoms with Crippen LogP contribution in [0.5, 0.6) is 11.5 Å². The molecule has 0 radical (unpaired) electrons. The van der Waals surface area contributed by atoms with E-state index in [0.717, 1.165) is 63.4 Å². The van der Waals surface area contributed by atoms with E-state index in [4.69, 9.17) is 19.2 Å². The third kappa shape index (κ3) is 7.18. The molecule has 8 heteroatoms. The Bertz CT molecular complexity index is 640. The first kappa shape index (κ1) is 24.0. The number of morpholine rings is 1. The van der Waals surface area contributed by atoms with Gasteiger partial charge in [0.2, 0.25) is 0 Å². The average molecular weight is 518 g/mol. The highest BCUT2D eigenvalue weighted by Gasteiger charge is 2.30. The second-order valence-corrected chi connectivity index (χ2v) is 7.34. The number of nitrogens with zero attached hydrogens (tertiary/aromatic N) is 3. The molecule has 2 unspecified atom stereocenters. The molecule has 0 amide bonds. The van der Waals surface area contributed by atoms with Gasteiger partial charge in [-0.05, 0) is 32.4 Å². The number of hydrogen-bond acceptors (Lipinski definition) is 5. The zero-order chi connectivity index (χ0) is 19.8. The van der Waals surface area contributed by atoms with Crippen LogP contribution in [-0.2, 0) is 4.74 Å². The van der Waals surface area contributed by atoms with Crippen LogP contribution in [0.4, 0.5) is 0 Å². The van der Waals surface area contributed by atoms with Crippen LogP contribution in [0, 0.1) is 0 Å². The van der Waals surface area contributed by atoms with Crippen molar-refractivity contribution in [2.24, 2.45) is 4.99 Å². The van der Waals surface area contributed by atoms with Crippen molar-refractivity contribution >= 4 is 29.9 Å². The van der Waals surface area contributed by atoms with E-state index < -0.39 is 0 Å². The van der Waals surface area contributed by atoms with E-state index in [9.17, 15) is 0 Å². The van der Waals surface area contributed by atoms with Crippen LogP contribution >= 0.6 is 24.0 Å². The van der Waals surface area contributed by atoms with E-state index in [-0.39, 0.29) is 30.1 Å². The smallest absolute Gasteiger partial charge is 0.194 e. The third-order valence-electron chi connectivity index (χ3n) is 5.24. The van der Waals surface area contributed by atoms with Crippen LogP contribution in [0.1, 0.15) is 20.3 Å². The SMILES string of the molecule is CCNC(=NCC(C)Oc1cccc(OC)c1)N1CCC(N2CCOCC2)C1.I. The molecule has 0 aliphatic carbocycles. The number of rotatable bonds is 7. The third-order valence-corrected chi connectivity index (χ3v) is 5.24. The molecule has 2 heterocycles. The number of ether oxygens (including phenoxy) is 3. The molecule has 164 valence electrons. The Morgan fingerprint density at radius 3 is 2.76 bits per heavy atom. The van der Waals surface area contributed by atoms with Crippen LogP contribution in [0.25, 0.3) is 0 Å². The molecular weight excluding hydrogens is 483 g/mol. The summed E-state index contributed by atoms with van der Waals surface area (Å²) in [5, 5.41) is 3.44. The van der Waals surface area contributed by atoms with Crippen molar-refractivity contribution in [3.05, 3.63) is 24.3 Å². The van der Waals surface area contributed by atoms with Gasteiger partial charge in [0.1, 0.15) is 17.6 Å². The lowest BCUT2D eigenvalue weighted by atomic mass is 10.2. The molecule has 1 aromatic rings. The van der Waals surface area contributed by atoms with E-state index in [1.165, 1.54) is 6.42 Å². The zero-order valence-corrected chi connectivity index (χ0v) is 20.1. The van der Waals surface area contributed by atoms with E-state index in [2.05, 4.69) is 22.0 Å². The topological polar surface area (TPSA) is 58.6 Å². The lowest BCUT2D eigenvalue weighted by Crippen LogP contribution is -2.46. The molecule has 1 aromatic carbocycles. The van der Waals surface area contributed by atoms with Crippen LogP contribution in [-0.4, -0.2) is 87.5 Å². The van der Waals surface area contributed by atoms with Crippen LogP contribution in [0.3, 0.4) is 0 Å². The minimum Gasteiger partial charge on any atom is -0.497 e. The minimum atomic E-state index is -0.0154. The normalized spacial score (nSPS) is 21.4. The summed E-state index contributed by atoms with van der Waals surface area (Å²) >= 11 is 0. The highest BCUT2D eigenvalue weighted by Crippen LogP contribution is 2.20. The molecule has 3 rings (SSSR count). The quantitative estimate of drug-likeness (QED) is 0.340. The molecule has 2 atom stereocenters. The fourth-order valence-electron chi connectivity index (χ4n) is 3.76. The van der Waals surface area contributed by atoms with Crippen molar-refractivity contribution in [3.63, 3.8) is 0 Å². The Labute approximate surface area is 191 Å². The number of aliphatic imine (C=N–C) groups is 1. The van der Waals surface area contributed by atoms with E-state index >= 15 is 0 Å². The van der Waals surface area contributed by atoms with E-state index in [1.54, 1.807) is 7.11 Å². The average Bonchev–Trinajstić information content (AvgIpc) is 3.22. The Kier molecular flexibility index (Phi) is 10.3. The Morgan fingerprint density at radius 1 is 1.28 bits per heavy atom. The molecule has 0 spiro atoms. The number of hydrogen-bond donors (Lipinski definition) is 1. The fraction of sp³-hybridized carbons (Fsp3) is 0.667. The van der Waals surface area contributed by atoms with Gasteiger partial charge < -0.3 is 24.4 Å². The highest BCUT2D eigenvalue weighted by atomic mass is 127. The summed E-state index contributed by atoms with van der Waals surface area (Å²) in [6.45, 7) is 11.5. The van der Waals surface area contributed by atoms with Gasteiger partial charge in [-0.1, -0.05) is 6.07 Å². The van der Waals surface area contributed by atoms with Gasteiger partial charge in [0, 0.05) is 44.8 Å². The van der Waals surface area contributed by atoms with Gasteiger partial charge >= 0.3 is 0 Å². The molecule has 1 N–H and O–H groups in total. The summed E-state index contributed by atoms with van der Waals surface area (Å²) in [5.41, 5.74) is 0. The Hall–Kier alpha value is -1.26. The van der Waals surface area contributed by atoms with Gasteiger partial charge in [0.15, 0.2) is 5.96 Å². The van der Waals surface area contributed by atoms with Gasteiger partial charge in [0.25, 0.3) is 0 Å². The van der Waals surface area contributed by atoms with Crippen molar-refractivity contribution < 1.29 is 14.2 Å². The second-order valence-electron chi connectivity index (χ2n) is 7.34. The maximum absolute atomic E-state index is 6.01. The maximum atomic E-state index is 6.01. The molecule has 2 aliphatic rings. The summed E-state index contributed by atoms with van der Waals surface area (Å²) in [6.07, 6.45) is 1.17. The maximum Gasteiger partial charge on any atom is 0.194 e. The minimum absolute atomic E-state index is 0. The lowest BCUT2D eigenvalue weighted by molar-refractivity contribution is 0.0195. The molecular formula is C21H35IN4O3. The summed E-state index contributed by atoms with van der Waals surface area (Å²) in [4.78, 5) is 9.78. The van der Waals surface area contributed by atoms with E-state index in [1.807, 2.05) is 31.2 Å². The number of halogens is 1. The summed E-state index contributed by atoms with van der Waals surface area (Å²) in [6, 6.07) is 8.29. The highest BCUT2D eigenvalue weighted by molar-refractivity contribution is 14.0. The molecule has 0 bridgehead atoms. The first-order chi connectivity index (χ1) is 13.7. The van der Waals surface area contributed by atoms with Gasteiger partial charge in [0.05, 0.1) is 26.9 Å². The molecule has 7 nitrogen and oxygen atoms in total. The van der Waals surface area contributed by atoms with Gasteiger partial charge in [-0.15, -0.1) is 24.0 Å². The van der Waals surface area contributed by atoms with Crippen LogP contribution in [0.2, 0.25) is 0 Å². The lowest BCUT2D eigenvalue weighted by Gasteiger charge is -2.32. The van der Waals surface area contributed by atoms with Crippen LogP contribution in [0.15, 0.2) is 29.3 Å². The molecule has 29 heavy (non-hydrogen) atoms. The van der Waals surface area contributed by atoms with Gasteiger partial charge in [-0.3, -0.25) is 4.90 Å². The van der Waals surface area contributed by atoms with E-state index in [0.29, 0.717) is 12.6 Å². The van der Waals surface area contributed by atoms with Crippen molar-refractivity contribution in [3.8, 4) is 11.5 Å². The first-order valence-corrected chi connectivity index (χ1v) is 10.4. The van der Waals surface area contributed by atoms with Crippen molar-refractivity contribution in [2.75, 3.05) is 59.6 Å². The largest absolute Gasteiger partial charge is 0.497 e. The van der Waals surface area contributed by atoms with Crippen LogP contribution < -0.4 is 14.8 Å². The number of methoxy groups -OCH3 is 1. The predicted octanol–water partition coefficient (Wildman–Crippen LogP) is 2.45. The first-order valence-electron chi connectivity index (χ1n) is 10.4. The summed E-state index contributed by atoms with van der Waals surface area (Å²) in [7, 11) is 1.66. The Balaban J connectivity index is 0.00000300. The summed E-state index contributed by atoms with van der Waals surface area (Å²) in [5.74, 6) is 2.59. The monoisotopic (exact) mass is 518 g/mol.